The molecule has 27 heavy (non-hydrogen) atoms. The molecule has 1 spiro atoms. The van der Waals surface area contributed by atoms with E-state index in [9.17, 15) is 0 Å². The van der Waals surface area contributed by atoms with Crippen molar-refractivity contribution in [3.63, 3.8) is 0 Å². The quantitative estimate of drug-likeness (QED) is 0.718. The van der Waals surface area contributed by atoms with Crippen LogP contribution in [0.15, 0.2) is 67.3 Å². The Bertz CT molecular complexity index is 914. The number of rotatable bonds is 4. The summed E-state index contributed by atoms with van der Waals surface area (Å²) in [5.74, 6) is 0. The van der Waals surface area contributed by atoms with Crippen LogP contribution in [0.3, 0.4) is 0 Å². The SMILES string of the molecule is c1ccc(CN2C[C@@]3(CCN(Cc4cccnc4)C3)c3ncccc32)nc1. The highest BCUT2D eigenvalue weighted by atomic mass is 15.2. The average Bonchev–Trinajstić information content (AvgIpc) is 3.25. The Labute approximate surface area is 159 Å². The number of fused-ring (bicyclic) bond motifs is 2. The van der Waals surface area contributed by atoms with E-state index < -0.39 is 0 Å². The lowest BCUT2D eigenvalue weighted by Gasteiger charge is -2.25. The monoisotopic (exact) mass is 357 g/mol. The van der Waals surface area contributed by atoms with E-state index in [0.717, 1.165) is 44.8 Å². The van der Waals surface area contributed by atoms with Crippen LogP contribution in [0.2, 0.25) is 0 Å². The van der Waals surface area contributed by atoms with E-state index in [-0.39, 0.29) is 5.41 Å². The van der Waals surface area contributed by atoms with Gasteiger partial charge in [-0.2, -0.15) is 0 Å². The van der Waals surface area contributed by atoms with E-state index >= 15 is 0 Å². The first kappa shape index (κ1) is 16.4. The second-order valence-corrected chi connectivity index (χ2v) is 7.65. The van der Waals surface area contributed by atoms with E-state index in [1.54, 1.807) is 0 Å². The lowest BCUT2D eigenvalue weighted by Crippen LogP contribution is -2.36. The van der Waals surface area contributed by atoms with Gasteiger partial charge in [-0.05, 0) is 48.9 Å². The van der Waals surface area contributed by atoms with Gasteiger partial charge in [0.25, 0.3) is 0 Å². The molecule has 0 aliphatic carbocycles. The van der Waals surface area contributed by atoms with Gasteiger partial charge in [-0.3, -0.25) is 19.9 Å². The third kappa shape index (κ3) is 3.08. The predicted molar refractivity (Wildman–Crippen MR) is 105 cm³/mol. The molecule has 1 atom stereocenters. The summed E-state index contributed by atoms with van der Waals surface area (Å²) in [5, 5.41) is 0. The molecule has 3 aromatic heterocycles. The summed E-state index contributed by atoms with van der Waals surface area (Å²) in [6, 6.07) is 14.6. The maximum Gasteiger partial charge on any atom is 0.0729 e. The van der Waals surface area contributed by atoms with E-state index in [1.165, 1.54) is 16.9 Å². The molecule has 0 bridgehead atoms. The van der Waals surface area contributed by atoms with Crippen LogP contribution in [-0.2, 0) is 18.5 Å². The van der Waals surface area contributed by atoms with Crippen LogP contribution >= 0.6 is 0 Å². The molecule has 136 valence electrons. The van der Waals surface area contributed by atoms with Crippen LogP contribution in [0, 0.1) is 0 Å². The van der Waals surface area contributed by atoms with Crippen LogP contribution in [-0.4, -0.2) is 39.5 Å². The van der Waals surface area contributed by atoms with Crippen molar-refractivity contribution < 1.29 is 0 Å². The molecule has 1 fully saturated rings. The van der Waals surface area contributed by atoms with Gasteiger partial charge in [0.1, 0.15) is 0 Å². The summed E-state index contributed by atoms with van der Waals surface area (Å²) in [6.07, 6.45) is 8.77. The Kier molecular flexibility index (Phi) is 4.09. The molecular weight excluding hydrogens is 334 g/mol. The van der Waals surface area contributed by atoms with Gasteiger partial charge in [-0.1, -0.05) is 12.1 Å². The van der Waals surface area contributed by atoms with Crippen LogP contribution in [0.4, 0.5) is 5.69 Å². The summed E-state index contributed by atoms with van der Waals surface area (Å²) >= 11 is 0. The van der Waals surface area contributed by atoms with Crippen LogP contribution in [0.1, 0.15) is 23.4 Å². The molecule has 0 saturated carbocycles. The molecule has 5 rings (SSSR count). The Morgan fingerprint density at radius 2 is 1.81 bits per heavy atom. The Balaban J connectivity index is 1.39. The van der Waals surface area contributed by atoms with Crippen molar-refractivity contribution in [2.24, 2.45) is 0 Å². The minimum absolute atomic E-state index is 0.119. The fourth-order valence-corrected chi connectivity index (χ4v) is 4.58. The standard InChI is InChI=1S/C22H23N5/c1-2-10-24-19(6-1)15-27-17-22(21-20(27)7-4-11-25-21)8-12-26(16-22)14-18-5-3-9-23-13-18/h1-7,9-11,13H,8,12,14-17H2/t22-/m0/s1. The Morgan fingerprint density at radius 3 is 2.67 bits per heavy atom. The lowest BCUT2D eigenvalue weighted by atomic mass is 9.85. The Hall–Kier alpha value is -2.79. The number of anilines is 1. The highest BCUT2D eigenvalue weighted by Crippen LogP contribution is 2.45. The molecule has 3 aromatic rings. The first-order valence-corrected chi connectivity index (χ1v) is 9.54. The van der Waals surface area contributed by atoms with E-state index in [1.807, 2.05) is 43.0 Å². The van der Waals surface area contributed by atoms with Crippen molar-refractivity contribution in [2.45, 2.75) is 24.9 Å². The number of likely N-dealkylation sites (tertiary alicyclic amines) is 1. The third-order valence-corrected chi connectivity index (χ3v) is 5.76. The second kappa shape index (κ2) is 6.74. The molecular formula is C22H23N5. The zero-order valence-corrected chi connectivity index (χ0v) is 15.3. The van der Waals surface area contributed by atoms with Crippen LogP contribution in [0.25, 0.3) is 0 Å². The Morgan fingerprint density at radius 1 is 0.889 bits per heavy atom. The molecule has 0 N–H and O–H groups in total. The second-order valence-electron chi connectivity index (χ2n) is 7.65. The average molecular weight is 357 g/mol. The fraction of sp³-hybridized carbons (Fsp3) is 0.318. The van der Waals surface area contributed by atoms with Crippen molar-refractivity contribution in [2.75, 3.05) is 24.5 Å². The number of hydrogen-bond acceptors (Lipinski definition) is 5. The largest absolute Gasteiger partial charge is 0.363 e. The molecule has 0 radical (unpaired) electrons. The van der Waals surface area contributed by atoms with Crippen LogP contribution in [0.5, 0.6) is 0 Å². The zero-order valence-electron chi connectivity index (χ0n) is 15.3. The van der Waals surface area contributed by atoms with Gasteiger partial charge in [0.2, 0.25) is 0 Å². The first-order valence-electron chi connectivity index (χ1n) is 9.54. The van der Waals surface area contributed by atoms with Crippen molar-refractivity contribution >= 4 is 5.69 Å². The topological polar surface area (TPSA) is 45.2 Å². The van der Waals surface area contributed by atoms with Crippen molar-refractivity contribution in [1.29, 1.82) is 0 Å². The molecule has 5 heterocycles. The third-order valence-electron chi connectivity index (χ3n) is 5.76. The number of aromatic nitrogens is 3. The molecule has 0 unspecified atom stereocenters. The first-order chi connectivity index (χ1) is 13.3. The summed E-state index contributed by atoms with van der Waals surface area (Å²) < 4.78 is 0. The predicted octanol–water partition coefficient (Wildman–Crippen LogP) is 3.04. The lowest BCUT2D eigenvalue weighted by molar-refractivity contribution is 0.305. The number of nitrogens with zero attached hydrogens (tertiary/aromatic N) is 5. The summed E-state index contributed by atoms with van der Waals surface area (Å²) in [6.45, 7) is 4.95. The smallest absolute Gasteiger partial charge is 0.0729 e. The van der Waals surface area contributed by atoms with Gasteiger partial charge in [0.15, 0.2) is 0 Å². The molecule has 2 aliphatic rings. The molecule has 2 aliphatic heterocycles. The normalized spacial score (nSPS) is 21.7. The van der Waals surface area contributed by atoms with Gasteiger partial charge in [0.05, 0.1) is 23.6 Å². The van der Waals surface area contributed by atoms with E-state index in [4.69, 9.17) is 4.98 Å². The molecule has 5 heteroatoms. The molecule has 0 amide bonds. The number of hydrogen-bond donors (Lipinski definition) is 0. The molecule has 1 saturated heterocycles. The highest BCUT2D eigenvalue weighted by Gasteiger charge is 2.48. The summed E-state index contributed by atoms with van der Waals surface area (Å²) in [7, 11) is 0. The van der Waals surface area contributed by atoms with Crippen molar-refractivity contribution in [3.05, 3.63) is 84.2 Å². The summed E-state index contributed by atoms with van der Waals surface area (Å²) in [5.41, 5.74) is 5.03. The van der Waals surface area contributed by atoms with Crippen molar-refractivity contribution in [1.82, 2.24) is 19.9 Å². The van der Waals surface area contributed by atoms with Crippen molar-refractivity contribution in [3.8, 4) is 0 Å². The highest BCUT2D eigenvalue weighted by molar-refractivity contribution is 5.60. The maximum absolute atomic E-state index is 4.83. The number of pyridine rings is 3. The van der Waals surface area contributed by atoms with Gasteiger partial charge in [-0.15, -0.1) is 0 Å². The van der Waals surface area contributed by atoms with Crippen LogP contribution < -0.4 is 4.90 Å². The van der Waals surface area contributed by atoms with Gasteiger partial charge in [-0.25, -0.2) is 0 Å². The minimum Gasteiger partial charge on any atom is -0.363 e. The maximum atomic E-state index is 4.83. The van der Waals surface area contributed by atoms with Gasteiger partial charge < -0.3 is 4.90 Å². The van der Waals surface area contributed by atoms with Gasteiger partial charge in [0, 0.05) is 49.8 Å². The van der Waals surface area contributed by atoms with E-state index in [2.05, 4.69) is 44.0 Å². The van der Waals surface area contributed by atoms with Gasteiger partial charge >= 0.3 is 0 Å². The molecule has 5 nitrogen and oxygen atoms in total. The fourth-order valence-electron chi connectivity index (χ4n) is 4.58. The zero-order chi connectivity index (χ0) is 18.1. The minimum atomic E-state index is 0.119. The molecule has 0 aromatic carbocycles. The summed E-state index contributed by atoms with van der Waals surface area (Å²) in [4.78, 5) is 18.6. The van der Waals surface area contributed by atoms with E-state index in [0.29, 0.717) is 0 Å².